The normalized spacial score (nSPS) is 33.3. The molecule has 3 aliphatic carbocycles. The second-order valence-corrected chi connectivity index (χ2v) is 16.8. The fraction of sp³-hybridized carbons (Fsp3) is 0.574. The molecule has 0 aromatic heterocycles. The summed E-state index contributed by atoms with van der Waals surface area (Å²) >= 11 is 0. The van der Waals surface area contributed by atoms with Crippen LogP contribution in [0.15, 0.2) is 76.9 Å². The van der Waals surface area contributed by atoms with Crippen molar-refractivity contribution >= 4 is 11.7 Å². The van der Waals surface area contributed by atoms with E-state index < -0.39 is 23.3 Å². The van der Waals surface area contributed by atoms with Gasteiger partial charge in [0.05, 0.1) is 24.7 Å². The van der Waals surface area contributed by atoms with Gasteiger partial charge in [-0.15, -0.1) is 0 Å². The van der Waals surface area contributed by atoms with Crippen LogP contribution in [0, 0.1) is 35.0 Å². The predicted molar refractivity (Wildman–Crippen MR) is 220 cm³/mol. The number of benzene rings is 1. The number of ketones is 1. The summed E-state index contributed by atoms with van der Waals surface area (Å²) in [5.41, 5.74) is 11.4. The lowest BCUT2D eigenvalue weighted by atomic mass is 9.45. The standard InChI is InChI=1S/C47H63N3O6/c1-5-49-41-20-19-30(2)12-6-7-25-56-29-34(15-8-13-31(41)3)39-27-35-16-10-22-46(55)23-21-36(40(18-11-24-51)47(35,46)44(39)54)32(4)42(52)26-33-14-9-17-37-38(33)28-43(53)50-45(37)48/h8-9,13-15,17,19,35,39-41,44-45,49,51,54-55H,3,5,10-12,16,18,20-29,48H2,1-2,4H3,(H,50,53). The number of hydrogen-bond acceptors (Lipinski definition) is 8. The van der Waals surface area contributed by atoms with Gasteiger partial charge in [-0.25, -0.2) is 0 Å². The maximum absolute atomic E-state index is 14.3. The predicted octanol–water partition coefficient (Wildman–Crippen LogP) is 5.60. The van der Waals surface area contributed by atoms with E-state index in [9.17, 15) is 24.9 Å². The van der Waals surface area contributed by atoms with Gasteiger partial charge < -0.3 is 36.4 Å². The van der Waals surface area contributed by atoms with E-state index >= 15 is 0 Å². The van der Waals surface area contributed by atoms with E-state index in [0.29, 0.717) is 57.1 Å². The van der Waals surface area contributed by atoms with E-state index in [2.05, 4.69) is 55.1 Å². The Morgan fingerprint density at radius 2 is 2.05 bits per heavy atom. The number of Topliss-reactive ketones (excluding diaryl/α,β-unsaturated/α-hetero) is 1. The number of aliphatic hydroxyl groups is 3. The summed E-state index contributed by atoms with van der Waals surface area (Å²) in [7, 11) is 0. The maximum atomic E-state index is 14.3. The summed E-state index contributed by atoms with van der Waals surface area (Å²) in [4.78, 5) is 26.8. The lowest BCUT2D eigenvalue weighted by Crippen LogP contribution is -2.65. The highest BCUT2D eigenvalue weighted by molar-refractivity contribution is 5.97. The van der Waals surface area contributed by atoms with Gasteiger partial charge in [-0.2, -0.15) is 0 Å². The molecule has 1 aromatic carbocycles. The molecule has 0 saturated heterocycles. The number of aliphatic hydroxyl groups excluding tert-OH is 2. The van der Waals surface area contributed by atoms with Crippen molar-refractivity contribution in [3.05, 3.63) is 93.6 Å². The number of allylic oxidation sites excluding steroid dienone is 5. The molecule has 7 N–H and O–H groups in total. The number of amides is 1. The van der Waals surface area contributed by atoms with Gasteiger partial charge in [0.15, 0.2) is 5.78 Å². The van der Waals surface area contributed by atoms with Crippen LogP contribution in [-0.4, -0.2) is 71.1 Å². The molecule has 3 fully saturated rings. The van der Waals surface area contributed by atoms with Crippen molar-refractivity contribution in [1.29, 1.82) is 0 Å². The number of nitrogens with two attached hydrogens (primary N) is 1. The number of carbonyl (C=O) groups excluding carboxylic acids is 2. The van der Waals surface area contributed by atoms with E-state index in [4.69, 9.17) is 10.5 Å². The Morgan fingerprint density at radius 1 is 1.23 bits per heavy atom. The topological polar surface area (TPSA) is 154 Å². The van der Waals surface area contributed by atoms with Gasteiger partial charge in [-0.1, -0.05) is 85.4 Å². The zero-order chi connectivity index (χ0) is 40.0. The molecule has 0 radical (unpaired) electrons. The average Bonchev–Trinajstić information content (AvgIpc) is 3.47. The molecule has 56 heavy (non-hydrogen) atoms. The van der Waals surface area contributed by atoms with E-state index in [0.717, 1.165) is 59.2 Å². The second-order valence-electron chi connectivity index (χ2n) is 16.8. The molecule has 9 heteroatoms. The van der Waals surface area contributed by atoms with Crippen LogP contribution in [-0.2, 0) is 27.2 Å². The van der Waals surface area contributed by atoms with Crippen LogP contribution < -0.4 is 16.4 Å². The molecule has 2 heterocycles. The highest BCUT2D eigenvalue weighted by Gasteiger charge is 2.70. The minimum atomic E-state index is -1.13. The van der Waals surface area contributed by atoms with Crippen LogP contribution >= 0.6 is 0 Å². The molecule has 3 saturated carbocycles. The Balaban J connectivity index is 1.36. The van der Waals surface area contributed by atoms with Crippen LogP contribution in [0.25, 0.3) is 0 Å². The highest BCUT2D eigenvalue weighted by atomic mass is 16.5. The van der Waals surface area contributed by atoms with E-state index in [1.165, 1.54) is 5.57 Å². The third kappa shape index (κ3) is 8.34. The maximum Gasteiger partial charge on any atom is 0.225 e. The van der Waals surface area contributed by atoms with Crippen LogP contribution in [0.1, 0.15) is 108 Å². The van der Waals surface area contributed by atoms with E-state index in [1.54, 1.807) is 0 Å². The number of ether oxygens (including phenoxy) is 1. The Morgan fingerprint density at radius 3 is 2.84 bits per heavy atom. The number of hydrogen-bond donors (Lipinski definition) is 6. The number of rotatable bonds is 9. The smallest absolute Gasteiger partial charge is 0.225 e. The van der Waals surface area contributed by atoms with E-state index in [1.807, 2.05) is 37.3 Å². The van der Waals surface area contributed by atoms with E-state index in [-0.39, 0.29) is 61.5 Å². The molecule has 5 aliphatic rings. The highest BCUT2D eigenvalue weighted by Crippen LogP contribution is 2.69. The molecule has 2 aliphatic heterocycles. The Bertz CT molecular complexity index is 1850. The largest absolute Gasteiger partial charge is 0.396 e. The van der Waals surface area contributed by atoms with Gasteiger partial charge in [0, 0.05) is 36.8 Å². The molecular formula is C47H63N3O6. The summed E-state index contributed by atoms with van der Waals surface area (Å²) in [5.74, 6) is 5.64. The Kier molecular flexibility index (Phi) is 13.7. The first-order valence-corrected chi connectivity index (χ1v) is 20.8. The van der Waals surface area contributed by atoms with Crippen molar-refractivity contribution in [1.82, 2.24) is 10.6 Å². The first-order valence-electron chi connectivity index (χ1n) is 20.8. The molecule has 8 unspecified atom stereocenters. The number of carbonyl (C=O) groups is 2. The van der Waals surface area contributed by atoms with Crippen molar-refractivity contribution in [2.45, 2.75) is 122 Å². The van der Waals surface area contributed by atoms with Crippen LogP contribution in [0.2, 0.25) is 0 Å². The minimum Gasteiger partial charge on any atom is -0.396 e. The molecule has 8 atom stereocenters. The number of fused-ring (bicyclic) bond motifs is 1. The van der Waals surface area contributed by atoms with Gasteiger partial charge >= 0.3 is 0 Å². The summed E-state index contributed by atoms with van der Waals surface area (Å²) in [6.45, 7) is 11.8. The zero-order valence-corrected chi connectivity index (χ0v) is 33.7. The number of nitrogens with one attached hydrogen (secondary N) is 2. The zero-order valence-electron chi connectivity index (χ0n) is 33.7. The summed E-state index contributed by atoms with van der Waals surface area (Å²) in [5, 5.41) is 42.3. The van der Waals surface area contributed by atoms with Crippen LogP contribution in [0.5, 0.6) is 0 Å². The van der Waals surface area contributed by atoms with Crippen molar-refractivity contribution in [2.24, 2.45) is 28.9 Å². The van der Waals surface area contributed by atoms with Crippen LogP contribution in [0.3, 0.4) is 0 Å². The first-order chi connectivity index (χ1) is 26.9. The van der Waals surface area contributed by atoms with Crippen molar-refractivity contribution in [2.75, 3.05) is 26.4 Å². The minimum absolute atomic E-state index is 0.00715. The third-order valence-electron chi connectivity index (χ3n) is 13.7. The third-order valence-corrected chi connectivity index (χ3v) is 13.7. The molecule has 9 nitrogen and oxygen atoms in total. The summed E-state index contributed by atoms with van der Waals surface area (Å²) in [6.07, 6.45) is 13.7. The fourth-order valence-electron chi connectivity index (χ4n) is 11.0. The monoisotopic (exact) mass is 765 g/mol. The lowest BCUT2D eigenvalue weighted by molar-refractivity contribution is -0.215. The summed E-state index contributed by atoms with van der Waals surface area (Å²) < 4.78 is 6.19. The first kappa shape index (κ1) is 42.0. The SMILES string of the molecule is C=C1C=CC=C(C2CC3CCCC4(O)CCC(=C(C)C(=O)Cc5cccc6c5CC(=O)NC6N)C(CCCO)C34C2O)COCC#CCC(C)=CCC1NCC. The van der Waals surface area contributed by atoms with Gasteiger partial charge in [-0.3, -0.25) is 9.59 Å². The Hall–Kier alpha value is -3.62. The summed E-state index contributed by atoms with van der Waals surface area (Å²) in [6, 6.07) is 5.77. The van der Waals surface area contributed by atoms with Gasteiger partial charge in [0.2, 0.25) is 5.91 Å². The average molecular weight is 766 g/mol. The molecule has 6 rings (SSSR count). The van der Waals surface area contributed by atoms with Crippen LogP contribution in [0.4, 0.5) is 0 Å². The van der Waals surface area contributed by atoms with Crippen molar-refractivity contribution < 1.29 is 29.6 Å². The molecule has 1 aromatic rings. The fourth-order valence-corrected chi connectivity index (χ4v) is 11.0. The quantitative estimate of drug-likeness (QED) is 0.108. The number of likely N-dealkylation sites (N-methyl/N-ethyl adjacent to an activating group) is 1. The van der Waals surface area contributed by atoms with Crippen molar-refractivity contribution in [3.8, 4) is 11.8 Å². The van der Waals surface area contributed by atoms with Gasteiger partial charge in [-0.05, 0) is 117 Å². The van der Waals surface area contributed by atoms with Crippen molar-refractivity contribution in [3.63, 3.8) is 0 Å². The molecule has 1 amide bonds. The molecule has 0 bridgehead atoms. The van der Waals surface area contributed by atoms with Gasteiger partial charge in [0.25, 0.3) is 0 Å². The molecule has 302 valence electrons. The Labute approximate surface area is 333 Å². The van der Waals surface area contributed by atoms with Gasteiger partial charge in [0.1, 0.15) is 12.8 Å². The molecule has 1 spiro atoms. The molecular weight excluding hydrogens is 703 g/mol. The second kappa shape index (κ2) is 18.3. The lowest BCUT2D eigenvalue weighted by Gasteiger charge is -2.61.